The Labute approximate surface area is 165 Å². The maximum absolute atomic E-state index is 11.1. The lowest BCUT2D eigenvalue weighted by Crippen LogP contribution is -2.34. The Bertz CT molecular complexity index is 802. The lowest BCUT2D eigenvalue weighted by Gasteiger charge is -2.27. The second-order valence-electron chi connectivity index (χ2n) is 8.37. The molecule has 1 aromatic carbocycles. The van der Waals surface area contributed by atoms with Gasteiger partial charge in [0.1, 0.15) is 0 Å². The molecular formula is C21H28ClN3O2. The molecule has 1 aromatic heterocycles. The number of nitrogens with zero attached hydrogens (tertiary/aromatic N) is 2. The van der Waals surface area contributed by atoms with E-state index in [4.69, 9.17) is 21.8 Å². The van der Waals surface area contributed by atoms with Crippen LogP contribution in [0.15, 0.2) is 30.5 Å². The summed E-state index contributed by atoms with van der Waals surface area (Å²) in [6.07, 6.45) is 5.36. The zero-order chi connectivity index (χ0) is 19.6. The van der Waals surface area contributed by atoms with E-state index in [-0.39, 0.29) is 11.5 Å². The molecule has 0 radical (unpaired) electrons. The number of aromatic nitrogens is 2. The third-order valence-corrected chi connectivity index (χ3v) is 5.59. The molecular weight excluding hydrogens is 362 g/mol. The molecule has 3 rings (SSSR count). The van der Waals surface area contributed by atoms with Crippen molar-refractivity contribution in [1.29, 1.82) is 0 Å². The van der Waals surface area contributed by atoms with Crippen LogP contribution in [0.2, 0.25) is 5.02 Å². The van der Waals surface area contributed by atoms with E-state index in [1.165, 1.54) is 0 Å². The van der Waals surface area contributed by atoms with Gasteiger partial charge in [0.2, 0.25) is 0 Å². The summed E-state index contributed by atoms with van der Waals surface area (Å²) in [6.45, 7) is 7.07. The number of nitrogens with one attached hydrogen (secondary N) is 1. The van der Waals surface area contributed by atoms with Crippen molar-refractivity contribution in [2.45, 2.75) is 64.6 Å². The van der Waals surface area contributed by atoms with Crippen molar-refractivity contribution in [2.24, 2.45) is 5.92 Å². The first-order valence-corrected chi connectivity index (χ1v) is 9.93. The van der Waals surface area contributed by atoms with Gasteiger partial charge in [0.25, 0.3) is 0 Å². The fourth-order valence-corrected chi connectivity index (χ4v) is 3.79. The standard InChI is InChI=1S/C21H28ClN3O2/c1-21(2,3)25-13-15(19(24-25)17-6-4-5-7-18(17)22)12-23-16-10-8-14(9-11-16)20(26)27/h4-7,13-14,16,23H,8-12H2,1-3H3,(H,26,27). The van der Waals surface area contributed by atoms with Crippen molar-refractivity contribution in [3.63, 3.8) is 0 Å². The number of rotatable bonds is 5. The molecule has 0 bridgehead atoms. The molecule has 1 saturated carbocycles. The van der Waals surface area contributed by atoms with E-state index in [0.29, 0.717) is 17.6 Å². The van der Waals surface area contributed by atoms with Gasteiger partial charge in [0.15, 0.2) is 0 Å². The van der Waals surface area contributed by atoms with E-state index in [0.717, 1.165) is 42.5 Å². The van der Waals surface area contributed by atoms with Crippen LogP contribution in [-0.2, 0) is 16.9 Å². The van der Waals surface area contributed by atoms with E-state index >= 15 is 0 Å². The Morgan fingerprint density at radius 3 is 2.52 bits per heavy atom. The molecule has 1 heterocycles. The average molecular weight is 390 g/mol. The minimum Gasteiger partial charge on any atom is -0.481 e. The molecule has 0 spiro atoms. The highest BCUT2D eigenvalue weighted by Gasteiger charge is 2.26. The van der Waals surface area contributed by atoms with Crippen LogP contribution in [0.25, 0.3) is 11.3 Å². The van der Waals surface area contributed by atoms with Crippen LogP contribution in [0, 0.1) is 5.92 Å². The van der Waals surface area contributed by atoms with Crippen LogP contribution < -0.4 is 5.32 Å². The predicted octanol–water partition coefficient (Wildman–Crippen LogP) is 4.69. The van der Waals surface area contributed by atoms with E-state index in [1.54, 1.807) is 0 Å². The smallest absolute Gasteiger partial charge is 0.306 e. The van der Waals surface area contributed by atoms with Gasteiger partial charge in [0, 0.05) is 29.9 Å². The fourth-order valence-electron chi connectivity index (χ4n) is 3.56. The SMILES string of the molecule is CC(C)(C)n1cc(CNC2CCC(C(=O)O)CC2)c(-c2ccccc2Cl)n1. The average Bonchev–Trinajstić information content (AvgIpc) is 3.05. The summed E-state index contributed by atoms with van der Waals surface area (Å²) in [4.78, 5) is 11.1. The van der Waals surface area contributed by atoms with Crippen LogP contribution in [0.1, 0.15) is 52.0 Å². The molecule has 0 amide bonds. The number of carbonyl (C=O) groups is 1. The molecule has 1 fully saturated rings. The fraction of sp³-hybridized carbons (Fsp3) is 0.524. The lowest BCUT2D eigenvalue weighted by molar-refractivity contribution is -0.142. The van der Waals surface area contributed by atoms with Gasteiger partial charge >= 0.3 is 5.97 Å². The minimum atomic E-state index is -0.666. The molecule has 1 aliphatic carbocycles. The van der Waals surface area contributed by atoms with Crippen molar-refractivity contribution >= 4 is 17.6 Å². The Balaban J connectivity index is 1.77. The van der Waals surface area contributed by atoms with E-state index in [2.05, 4.69) is 32.3 Å². The second kappa shape index (κ2) is 8.03. The topological polar surface area (TPSA) is 67.2 Å². The van der Waals surface area contributed by atoms with Gasteiger partial charge in [-0.25, -0.2) is 0 Å². The van der Waals surface area contributed by atoms with Gasteiger partial charge < -0.3 is 10.4 Å². The summed E-state index contributed by atoms with van der Waals surface area (Å²) in [7, 11) is 0. The summed E-state index contributed by atoms with van der Waals surface area (Å²) in [5.41, 5.74) is 2.84. The van der Waals surface area contributed by atoms with Crippen LogP contribution in [0.5, 0.6) is 0 Å². The zero-order valence-corrected chi connectivity index (χ0v) is 17.0. The lowest BCUT2D eigenvalue weighted by atomic mass is 9.86. The van der Waals surface area contributed by atoms with E-state index in [9.17, 15) is 4.79 Å². The molecule has 0 saturated heterocycles. The zero-order valence-electron chi connectivity index (χ0n) is 16.2. The number of halogens is 1. The third-order valence-electron chi connectivity index (χ3n) is 5.26. The van der Waals surface area contributed by atoms with Crippen LogP contribution in [0.4, 0.5) is 0 Å². The maximum Gasteiger partial charge on any atom is 0.306 e. The summed E-state index contributed by atoms with van der Waals surface area (Å²) < 4.78 is 1.99. The van der Waals surface area contributed by atoms with Gasteiger partial charge in [-0.2, -0.15) is 5.10 Å². The van der Waals surface area contributed by atoms with Crippen molar-refractivity contribution < 1.29 is 9.90 Å². The Hall–Kier alpha value is -1.85. The molecule has 27 heavy (non-hydrogen) atoms. The van der Waals surface area contributed by atoms with Crippen molar-refractivity contribution in [1.82, 2.24) is 15.1 Å². The molecule has 2 N–H and O–H groups in total. The van der Waals surface area contributed by atoms with Crippen molar-refractivity contribution in [2.75, 3.05) is 0 Å². The normalized spacial score (nSPS) is 20.6. The van der Waals surface area contributed by atoms with Gasteiger partial charge in [-0.15, -0.1) is 0 Å². The summed E-state index contributed by atoms with van der Waals surface area (Å²) in [5, 5.41) is 18.3. The number of hydrogen-bond donors (Lipinski definition) is 2. The first-order valence-electron chi connectivity index (χ1n) is 9.56. The Morgan fingerprint density at radius 2 is 1.93 bits per heavy atom. The predicted molar refractivity (Wildman–Crippen MR) is 108 cm³/mol. The first kappa shape index (κ1) is 19.9. The van der Waals surface area contributed by atoms with Crippen molar-refractivity contribution in [3.05, 3.63) is 41.0 Å². The summed E-state index contributed by atoms with van der Waals surface area (Å²) in [5.74, 6) is -0.855. The Kier molecular flexibility index (Phi) is 5.92. The van der Waals surface area contributed by atoms with E-state index < -0.39 is 5.97 Å². The highest BCUT2D eigenvalue weighted by molar-refractivity contribution is 6.33. The minimum absolute atomic E-state index is 0.117. The highest BCUT2D eigenvalue weighted by atomic mass is 35.5. The Morgan fingerprint density at radius 1 is 1.26 bits per heavy atom. The number of carboxylic acid groups (broad SMARTS) is 1. The number of aliphatic carboxylic acids is 1. The van der Waals surface area contributed by atoms with Crippen molar-refractivity contribution in [3.8, 4) is 11.3 Å². The molecule has 2 aromatic rings. The van der Waals surface area contributed by atoms with Crippen LogP contribution >= 0.6 is 11.6 Å². The highest BCUT2D eigenvalue weighted by Crippen LogP contribution is 2.31. The number of hydrogen-bond acceptors (Lipinski definition) is 3. The molecule has 6 heteroatoms. The van der Waals surface area contributed by atoms with Gasteiger partial charge in [-0.3, -0.25) is 9.48 Å². The molecule has 5 nitrogen and oxygen atoms in total. The number of carboxylic acids is 1. The van der Waals surface area contributed by atoms with Gasteiger partial charge in [0.05, 0.1) is 22.2 Å². The monoisotopic (exact) mass is 389 g/mol. The largest absolute Gasteiger partial charge is 0.481 e. The first-order chi connectivity index (χ1) is 12.8. The molecule has 146 valence electrons. The molecule has 0 aliphatic heterocycles. The quantitative estimate of drug-likeness (QED) is 0.778. The summed E-state index contributed by atoms with van der Waals surface area (Å²) >= 11 is 6.42. The summed E-state index contributed by atoms with van der Waals surface area (Å²) in [6, 6.07) is 8.13. The molecule has 1 aliphatic rings. The van der Waals surface area contributed by atoms with Gasteiger partial charge in [-0.1, -0.05) is 29.8 Å². The number of benzene rings is 1. The van der Waals surface area contributed by atoms with Crippen LogP contribution in [0.3, 0.4) is 0 Å². The molecule has 0 unspecified atom stereocenters. The maximum atomic E-state index is 11.1. The van der Waals surface area contributed by atoms with E-state index in [1.807, 2.05) is 28.9 Å². The van der Waals surface area contributed by atoms with Crippen LogP contribution in [-0.4, -0.2) is 26.9 Å². The molecule has 0 atom stereocenters. The third kappa shape index (κ3) is 4.71. The second-order valence-corrected chi connectivity index (χ2v) is 8.77. The van der Waals surface area contributed by atoms with Gasteiger partial charge in [-0.05, 0) is 52.5 Å².